The van der Waals surface area contributed by atoms with Crippen LogP contribution in [0.4, 0.5) is 0 Å². The number of imidazole rings is 1. The maximum absolute atomic E-state index is 6.13. The van der Waals surface area contributed by atoms with Gasteiger partial charge in [-0.05, 0) is 13.8 Å². The minimum absolute atomic E-state index is 0.671. The van der Waals surface area contributed by atoms with E-state index in [0.29, 0.717) is 5.02 Å². The largest absolute Gasteiger partial charge is 0.289 e. The van der Waals surface area contributed by atoms with Crippen molar-refractivity contribution in [1.82, 2.24) is 19.3 Å². The monoisotopic (exact) mass is 210 g/mol. The quantitative estimate of drug-likeness (QED) is 0.721. The molecule has 0 fully saturated rings. The van der Waals surface area contributed by atoms with E-state index in [1.54, 1.807) is 11.0 Å². The Labute approximate surface area is 87.1 Å². The molecule has 0 N–H and O–H groups in total. The highest BCUT2D eigenvalue weighted by atomic mass is 35.5. The topological polar surface area (TPSA) is 35.6 Å². The van der Waals surface area contributed by atoms with Gasteiger partial charge >= 0.3 is 0 Å². The molecule has 0 unspecified atom stereocenters. The molecule has 5 heteroatoms. The van der Waals surface area contributed by atoms with Gasteiger partial charge in [-0.1, -0.05) is 11.6 Å². The van der Waals surface area contributed by atoms with Gasteiger partial charge in [-0.3, -0.25) is 9.25 Å². The fourth-order valence-corrected chi connectivity index (χ4v) is 1.70. The van der Waals surface area contributed by atoms with Crippen LogP contribution < -0.4 is 0 Å². The number of aryl methyl sites for hydroxylation is 3. The third-order valence-corrected chi connectivity index (χ3v) is 2.52. The van der Waals surface area contributed by atoms with E-state index < -0.39 is 0 Å². The third kappa shape index (κ3) is 1.32. The molecule has 0 saturated carbocycles. The first-order valence-corrected chi connectivity index (χ1v) is 4.67. The lowest BCUT2D eigenvalue weighted by molar-refractivity contribution is 0.722. The zero-order valence-corrected chi connectivity index (χ0v) is 9.08. The molecule has 0 bridgehead atoms. The van der Waals surface area contributed by atoms with Crippen LogP contribution in [0.3, 0.4) is 0 Å². The van der Waals surface area contributed by atoms with Crippen molar-refractivity contribution in [3.63, 3.8) is 0 Å². The number of halogens is 1. The molecule has 0 aliphatic carbocycles. The van der Waals surface area contributed by atoms with Crippen LogP contribution in [0, 0.1) is 13.8 Å². The van der Waals surface area contributed by atoms with Crippen LogP contribution in [0.15, 0.2) is 12.5 Å². The maximum atomic E-state index is 6.13. The molecule has 74 valence electrons. The van der Waals surface area contributed by atoms with E-state index in [1.807, 2.05) is 31.7 Å². The fourth-order valence-electron chi connectivity index (χ4n) is 1.44. The van der Waals surface area contributed by atoms with Crippen molar-refractivity contribution in [3.05, 3.63) is 28.9 Å². The summed E-state index contributed by atoms with van der Waals surface area (Å²) in [7, 11) is 1.86. The van der Waals surface area contributed by atoms with Crippen molar-refractivity contribution < 1.29 is 0 Å². The van der Waals surface area contributed by atoms with Gasteiger partial charge in [-0.15, -0.1) is 0 Å². The summed E-state index contributed by atoms with van der Waals surface area (Å²) >= 11 is 6.13. The molecular formula is C9H11ClN4. The molecule has 0 atom stereocenters. The summed E-state index contributed by atoms with van der Waals surface area (Å²) < 4.78 is 3.62. The number of rotatable bonds is 1. The molecule has 0 radical (unpaired) electrons. The highest BCUT2D eigenvalue weighted by Crippen LogP contribution is 2.23. The Bertz CT molecular complexity index is 469. The molecule has 0 spiro atoms. The van der Waals surface area contributed by atoms with Crippen molar-refractivity contribution in [3.8, 4) is 5.82 Å². The number of aromatic nitrogens is 4. The molecule has 2 aromatic heterocycles. The summed E-state index contributed by atoms with van der Waals surface area (Å²) in [5, 5.41) is 4.90. The summed E-state index contributed by atoms with van der Waals surface area (Å²) in [6, 6.07) is 0. The number of nitrogens with zero attached hydrogens (tertiary/aromatic N) is 4. The zero-order valence-electron chi connectivity index (χ0n) is 8.32. The van der Waals surface area contributed by atoms with Gasteiger partial charge in [0.05, 0.1) is 11.4 Å². The molecule has 0 saturated heterocycles. The minimum Gasteiger partial charge on any atom is -0.289 e. The SMILES string of the molecule is Cc1cn(-c2c(Cl)c(C)nn2C)cn1. The van der Waals surface area contributed by atoms with Gasteiger partial charge in [0.25, 0.3) is 0 Å². The van der Waals surface area contributed by atoms with Gasteiger partial charge in [0, 0.05) is 13.2 Å². The molecule has 14 heavy (non-hydrogen) atoms. The van der Waals surface area contributed by atoms with Crippen LogP contribution >= 0.6 is 11.6 Å². The summed E-state index contributed by atoms with van der Waals surface area (Å²) in [6.07, 6.45) is 3.65. The van der Waals surface area contributed by atoms with Crippen molar-refractivity contribution >= 4 is 11.6 Å². The van der Waals surface area contributed by atoms with Gasteiger partial charge in [0.1, 0.15) is 11.3 Å². The molecule has 2 rings (SSSR count). The highest BCUT2D eigenvalue weighted by Gasteiger charge is 2.12. The smallest absolute Gasteiger partial charge is 0.155 e. The Balaban J connectivity index is 2.61. The number of hydrogen-bond acceptors (Lipinski definition) is 2. The Morgan fingerprint density at radius 1 is 1.36 bits per heavy atom. The van der Waals surface area contributed by atoms with E-state index in [4.69, 9.17) is 11.6 Å². The van der Waals surface area contributed by atoms with E-state index in [1.165, 1.54) is 0 Å². The van der Waals surface area contributed by atoms with Gasteiger partial charge in [-0.2, -0.15) is 5.10 Å². The first kappa shape index (κ1) is 9.27. The van der Waals surface area contributed by atoms with Crippen LogP contribution in [-0.4, -0.2) is 19.3 Å². The lowest BCUT2D eigenvalue weighted by atomic mass is 10.4. The van der Waals surface area contributed by atoms with E-state index in [0.717, 1.165) is 17.2 Å². The van der Waals surface area contributed by atoms with E-state index in [-0.39, 0.29) is 0 Å². The highest BCUT2D eigenvalue weighted by molar-refractivity contribution is 6.32. The Kier molecular flexibility index (Phi) is 2.07. The second-order valence-corrected chi connectivity index (χ2v) is 3.65. The average molecular weight is 211 g/mol. The van der Waals surface area contributed by atoms with Crippen LogP contribution in [0.2, 0.25) is 5.02 Å². The first-order valence-electron chi connectivity index (χ1n) is 4.29. The average Bonchev–Trinajstić information content (AvgIpc) is 2.60. The molecule has 2 aromatic rings. The molecule has 0 aromatic carbocycles. The lowest BCUT2D eigenvalue weighted by Crippen LogP contribution is -2.00. The normalized spacial score (nSPS) is 10.9. The summed E-state index contributed by atoms with van der Waals surface area (Å²) in [4.78, 5) is 4.15. The van der Waals surface area contributed by atoms with Crippen molar-refractivity contribution in [2.24, 2.45) is 7.05 Å². The van der Waals surface area contributed by atoms with Gasteiger partial charge in [0.2, 0.25) is 0 Å². The van der Waals surface area contributed by atoms with Crippen molar-refractivity contribution in [2.75, 3.05) is 0 Å². The molecule has 2 heterocycles. The molecule has 0 aliphatic heterocycles. The summed E-state index contributed by atoms with van der Waals surface area (Å²) in [5.74, 6) is 0.852. The van der Waals surface area contributed by atoms with E-state index in [2.05, 4.69) is 10.1 Å². The van der Waals surface area contributed by atoms with Crippen LogP contribution in [0.5, 0.6) is 0 Å². The van der Waals surface area contributed by atoms with E-state index >= 15 is 0 Å². The standard InChI is InChI=1S/C9H11ClN4/c1-6-4-14(5-11-6)9-8(10)7(2)12-13(9)3/h4-5H,1-3H3. The minimum atomic E-state index is 0.671. The first-order chi connectivity index (χ1) is 6.59. The predicted molar refractivity (Wildman–Crippen MR) is 54.8 cm³/mol. The fraction of sp³-hybridized carbons (Fsp3) is 0.333. The van der Waals surface area contributed by atoms with Gasteiger partial charge in [-0.25, -0.2) is 4.98 Å². The van der Waals surface area contributed by atoms with Gasteiger partial charge < -0.3 is 0 Å². The molecule has 4 nitrogen and oxygen atoms in total. The zero-order chi connectivity index (χ0) is 10.3. The molecule has 0 aliphatic rings. The number of hydrogen-bond donors (Lipinski definition) is 0. The second kappa shape index (κ2) is 3.13. The Morgan fingerprint density at radius 2 is 2.07 bits per heavy atom. The maximum Gasteiger partial charge on any atom is 0.155 e. The van der Waals surface area contributed by atoms with Crippen molar-refractivity contribution in [1.29, 1.82) is 0 Å². The van der Waals surface area contributed by atoms with Crippen LogP contribution in [0.25, 0.3) is 5.82 Å². The predicted octanol–water partition coefficient (Wildman–Crippen LogP) is 1.88. The van der Waals surface area contributed by atoms with Crippen LogP contribution in [-0.2, 0) is 7.05 Å². The van der Waals surface area contributed by atoms with Crippen molar-refractivity contribution in [2.45, 2.75) is 13.8 Å². The van der Waals surface area contributed by atoms with Gasteiger partial charge in [0.15, 0.2) is 5.82 Å². The summed E-state index contributed by atoms with van der Waals surface area (Å²) in [5.41, 5.74) is 1.79. The summed E-state index contributed by atoms with van der Waals surface area (Å²) in [6.45, 7) is 3.82. The molecule has 0 amide bonds. The third-order valence-electron chi connectivity index (χ3n) is 2.08. The Morgan fingerprint density at radius 3 is 2.50 bits per heavy atom. The lowest BCUT2D eigenvalue weighted by Gasteiger charge is -2.01. The van der Waals surface area contributed by atoms with E-state index in [9.17, 15) is 0 Å². The van der Waals surface area contributed by atoms with Crippen LogP contribution in [0.1, 0.15) is 11.4 Å². The second-order valence-electron chi connectivity index (χ2n) is 3.27. The molecular weight excluding hydrogens is 200 g/mol. The Hall–Kier alpha value is -1.29.